The number of aromatic nitrogens is 5. The lowest BCUT2D eigenvalue weighted by Crippen LogP contribution is -2.19. The number of rotatable bonds is 7. The molecule has 2 aromatic rings. The summed E-state index contributed by atoms with van der Waals surface area (Å²) in [5.74, 6) is 0. The first-order valence-corrected chi connectivity index (χ1v) is 5.55. The van der Waals surface area contributed by atoms with Crippen LogP contribution in [0.25, 0.3) is 0 Å². The summed E-state index contributed by atoms with van der Waals surface area (Å²) in [5.41, 5.74) is 0.879. The Balaban J connectivity index is 1.67. The molecule has 0 saturated heterocycles. The van der Waals surface area contributed by atoms with Crippen LogP contribution >= 0.6 is 0 Å². The molecular formula is C10H16N6O. The highest BCUT2D eigenvalue weighted by molar-refractivity contribution is 4.91. The molecule has 0 bridgehead atoms. The third kappa shape index (κ3) is 3.65. The van der Waals surface area contributed by atoms with Crippen LogP contribution in [-0.4, -0.2) is 42.8 Å². The summed E-state index contributed by atoms with van der Waals surface area (Å²) >= 11 is 0. The van der Waals surface area contributed by atoms with Crippen molar-refractivity contribution in [2.24, 2.45) is 0 Å². The average molecular weight is 236 g/mol. The van der Waals surface area contributed by atoms with Gasteiger partial charge in [-0.15, -0.1) is 5.10 Å². The lowest BCUT2D eigenvalue weighted by Gasteiger charge is -2.02. The van der Waals surface area contributed by atoms with Crippen molar-refractivity contribution in [3.8, 4) is 0 Å². The van der Waals surface area contributed by atoms with Gasteiger partial charge in [0, 0.05) is 38.2 Å². The van der Waals surface area contributed by atoms with Gasteiger partial charge in [0.05, 0.1) is 25.2 Å². The molecule has 0 aliphatic heterocycles. The number of aliphatic hydroxyl groups is 1. The predicted octanol–water partition coefficient (Wildman–Crippen LogP) is -0.743. The van der Waals surface area contributed by atoms with Crippen molar-refractivity contribution in [2.45, 2.75) is 19.6 Å². The summed E-state index contributed by atoms with van der Waals surface area (Å²) in [4.78, 5) is 3.97. The lowest BCUT2D eigenvalue weighted by molar-refractivity contribution is 0.268. The summed E-state index contributed by atoms with van der Waals surface area (Å²) in [6.45, 7) is 2.98. The second-order valence-corrected chi connectivity index (χ2v) is 3.67. The second kappa shape index (κ2) is 6.12. The monoisotopic (exact) mass is 236 g/mol. The largest absolute Gasteiger partial charge is 0.394 e. The van der Waals surface area contributed by atoms with E-state index < -0.39 is 0 Å². The van der Waals surface area contributed by atoms with Crippen LogP contribution in [0.2, 0.25) is 0 Å². The van der Waals surface area contributed by atoms with Gasteiger partial charge in [0.1, 0.15) is 0 Å². The van der Waals surface area contributed by atoms with Crippen molar-refractivity contribution in [1.82, 2.24) is 29.9 Å². The summed E-state index contributed by atoms with van der Waals surface area (Å²) in [6.07, 6.45) is 7.32. The summed E-state index contributed by atoms with van der Waals surface area (Å²) in [6, 6.07) is 0. The van der Waals surface area contributed by atoms with Crippen molar-refractivity contribution in [3.63, 3.8) is 0 Å². The molecule has 0 saturated carbocycles. The van der Waals surface area contributed by atoms with E-state index in [4.69, 9.17) is 5.11 Å². The van der Waals surface area contributed by atoms with Crippen molar-refractivity contribution in [2.75, 3.05) is 13.2 Å². The maximum absolute atomic E-state index is 8.74. The van der Waals surface area contributed by atoms with Crippen molar-refractivity contribution in [1.29, 1.82) is 0 Å². The van der Waals surface area contributed by atoms with E-state index >= 15 is 0 Å². The van der Waals surface area contributed by atoms with E-state index in [1.54, 1.807) is 17.2 Å². The van der Waals surface area contributed by atoms with Gasteiger partial charge in [-0.05, 0) is 0 Å². The fourth-order valence-corrected chi connectivity index (χ4v) is 1.47. The fourth-order valence-electron chi connectivity index (χ4n) is 1.47. The zero-order chi connectivity index (χ0) is 11.9. The lowest BCUT2D eigenvalue weighted by atomic mass is 10.4. The first-order valence-electron chi connectivity index (χ1n) is 5.55. The molecule has 0 aliphatic rings. The first-order chi connectivity index (χ1) is 8.38. The zero-order valence-corrected chi connectivity index (χ0v) is 9.53. The van der Waals surface area contributed by atoms with Gasteiger partial charge in [-0.1, -0.05) is 5.21 Å². The highest BCUT2D eigenvalue weighted by Crippen LogP contribution is 1.92. The molecular weight excluding hydrogens is 220 g/mol. The molecule has 0 aromatic carbocycles. The van der Waals surface area contributed by atoms with E-state index in [-0.39, 0.29) is 6.61 Å². The minimum Gasteiger partial charge on any atom is -0.394 e. The van der Waals surface area contributed by atoms with Crippen molar-refractivity contribution in [3.05, 3.63) is 30.6 Å². The highest BCUT2D eigenvalue weighted by Gasteiger charge is 1.99. The van der Waals surface area contributed by atoms with Crippen LogP contribution in [0, 0.1) is 0 Å². The van der Waals surface area contributed by atoms with Gasteiger partial charge < -0.3 is 15.0 Å². The summed E-state index contributed by atoms with van der Waals surface area (Å²) in [5, 5.41) is 19.9. The van der Waals surface area contributed by atoms with Crippen LogP contribution < -0.4 is 5.32 Å². The SMILES string of the molecule is OCCn1cc(CNCCn2ccnc2)nn1. The molecule has 7 nitrogen and oxygen atoms in total. The van der Waals surface area contributed by atoms with Crippen LogP contribution in [0.15, 0.2) is 24.9 Å². The van der Waals surface area contributed by atoms with Crippen LogP contribution in [-0.2, 0) is 19.6 Å². The van der Waals surface area contributed by atoms with Crippen LogP contribution in [0.4, 0.5) is 0 Å². The zero-order valence-electron chi connectivity index (χ0n) is 9.53. The standard InChI is InChI=1S/C10H16N6O/c17-6-5-16-8-10(13-14-16)7-11-1-3-15-4-2-12-9-15/h2,4,8-9,11,17H,1,3,5-7H2. The molecule has 2 heterocycles. The number of nitrogens with one attached hydrogen (secondary N) is 1. The molecule has 0 unspecified atom stereocenters. The van der Waals surface area contributed by atoms with Crippen LogP contribution in [0.1, 0.15) is 5.69 Å². The van der Waals surface area contributed by atoms with E-state index in [1.807, 2.05) is 17.0 Å². The van der Waals surface area contributed by atoms with Gasteiger partial charge in [0.2, 0.25) is 0 Å². The number of nitrogens with zero attached hydrogens (tertiary/aromatic N) is 5. The molecule has 2 aromatic heterocycles. The molecule has 7 heteroatoms. The summed E-state index contributed by atoms with van der Waals surface area (Å²) in [7, 11) is 0. The molecule has 0 spiro atoms. The van der Waals surface area contributed by atoms with E-state index in [2.05, 4.69) is 20.6 Å². The Morgan fingerprint density at radius 1 is 1.35 bits per heavy atom. The number of aliphatic hydroxyl groups excluding tert-OH is 1. The third-order valence-electron chi connectivity index (χ3n) is 2.33. The molecule has 2 rings (SSSR count). The molecule has 17 heavy (non-hydrogen) atoms. The third-order valence-corrected chi connectivity index (χ3v) is 2.33. The van der Waals surface area contributed by atoms with Gasteiger partial charge in [0.15, 0.2) is 0 Å². The Labute approximate surface area is 99.1 Å². The van der Waals surface area contributed by atoms with E-state index in [0.29, 0.717) is 13.1 Å². The van der Waals surface area contributed by atoms with Gasteiger partial charge >= 0.3 is 0 Å². The molecule has 0 amide bonds. The first kappa shape index (κ1) is 11.7. The number of hydrogen-bond donors (Lipinski definition) is 2. The predicted molar refractivity (Wildman–Crippen MR) is 61.0 cm³/mol. The minimum absolute atomic E-state index is 0.0802. The van der Waals surface area contributed by atoms with E-state index in [9.17, 15) is 0 Å². The Hall–Kier alpha value is -1.73. The smallest absolute Gasteiger partial charge is 0.0964 e. The van der Waals surface area contributed by atoms with Crippen molar-refractivity contribution < 1.29 is 5.11 Å². The van der Waals surface area contributed by atoms with E-state index in [1.165, 1.54) is 0 Å². The average Bonchev–Trinajstić information content (AvgIpc) is 2.96. The van der Waals surface area contributed by atoms with Crippen molar-refractivity contribution >= 4 is 0 Å². The Morgan fingerprint density at radius 2 is 2.29 bits per heavy atom. The highest BCUT2D eigenvalue weighted by atomic mass is 16.3. The Bertz CT molecular complexity index is 424. The molecule has 2 N–H and O–H groups in total. The van der Waals surface area contributed by atoms with E-state index in [0.717, 1.165) is 18.8 Å². The minimum atomic E-state index is 0.0802. The van der Waals surface area contributed by atoms with Crippen LogP contribution in [0.3, 0.4) is 0 Å². The molecule has 0 atom stereocenters. The van der Waals surface area contributed by atoms with Gasteiger partial charge in [-0.2, -0.15) is 0 Å². The van der Waals surface area contributed by atoms with Gasteiger partial charge in [-0.3, -0.25) is 0 Å². The summed E-state index contributed by atoms with van der Waals surface area (Å²) < 4.78 is 3.64. The number of imidazole rings is 1. The molecule has 0 aliphatic carbocycles. The fraction of sp³-hybridized carbons (Fsp3) is 0.500. The second-order valence-electron chi connectivity index (χ2n) is 3.67. The maximum Gasteiger partial charge on any atom is 0.0964 e. The Kier molecular flexibility index (Phi) is 4.23. The topological polar surface area (TPSA) is 80.8 Å². The molecule has 0 fully saturated rings. The number of hydrogen-bond acceptors (Lipinski definition) is 5. The molecule has 0 radical (unpaired) electrons. The molecule has 92 valence electrons. The van der Waals surface area contributed by atoms with Gasteiger partial charge in [-0.25, -0.2) is 9.67 Å². The maximum atomic E-state index is 8.74. The normalized spacial score (nSPS) is 10.9. The quantitative estimate of drug-likeness (QED) is 0.619. The Morgan fingerprint density at radius 3 is 3.06 bits per heavy atom. The van der Waals surface area contributed by atoms with Gasteiger partial charge in [0.25, 0.3) is 0 Å². The van der Waals surface area contributed by atoms with Crippen LogP contribution in [0.5, 0.6) is 0 Å².